The zero-order valence-electron chi connectivity index (χ0n) is 10.7. The number of nitrogen functional groups attached to an aromatic ring is 1. The highest BCUT2D eigenvalue weighted by Gasteiger charge is 2.10. The summed E-state index contributed by atoms with van der Waals surface area (Å²) in [7, 11) is 0. The Hall–Kier alpha value is -1.69. The van der Waals surface area contributed by atoms with Gasteiger partial charge in [0.1, 0.15) is 23.3 Å². The maximum atomic E-state index is 13.0. The molecule has 0 spiro atoms. The topological polar surface area (TPSA) is 63.8 Å². The first kappa shape index (κ1) is 13.7. The number of rotatable bonds is 3. The van der Waals surface area contributed by atoms with Crippen LogP contribution in [-0.2, 0) is 6.42 Å². The van der Waals surface area contributed by atoms with E-state index in [1.165, 1.54) is 12.1 Å². The van der Waals surface area contributed by atoms with Gasteiger partial charge in [0.15, 0.2) is 0 Å². The van der Waals surface area contributed by atoms with E-state index in [9.17, 15) is 4.39 Å². The number of anilines is 3. The van der Waals surface area contributed by atoms with Gasteiger partial charge in [0.2, 0.25) is 0 Å². The number of benzene rings is 1. The van der Waals surface area contributed by atoms with Crippen LogP contribution in [-0.4, -0.2) is 9.97 Å². The second kappa shape index (κ2) is 5.52. The first-order valence-electron chi connectivity index (χ1n) is 5.86. The van der Waals surface area contributed by atoms with Gasteiger partial charge in [-0.2, -0.15) is 0 Å². The van der Waals surface area contributed by atoms with Gasteiger partial charge in [-0.1, -0.05) is 6.92 Å². The van der Waals surface area contributed by atoms with Crippen LogP contribution in [0.25, 0.3) is 0 Å². The van der Waals surface area contributed by atoms with Crippen LogP contribution in [0.3, 0.4) is 0 Å². The Morgan fingerprint density at radius 3 is 2.74 bits per heavy atom. The van der Waals surface area contributed by atoms with Gasteiger partial charge in [0, 0.05) is 16.5 Å². The van der Waals surface area contributed by atoms with Crippen molar-refractivity contribution < 1.29 is 4.39 Å². The normalized spacial score (nSPS) is 10.5. The summed E-state index contributed by atoms with van der Waals surface area (Å²) in [4.78, 5) is 8.58. The summed E-state index contributed by atoms with van der Waals surface area (Å²) < 4.78 is 13.7. The van der Waals surface area contributed by atoms with E-state index < -0.39 is 0 Å². The Balaban J connectivity index is 2.40. The molecule has 0 radical (unpaired) electrons. The standard InChI is InChI=1S/C13H14BrFN4/c1-3-11-18-12(16)7(2)13(19-11)17-10-5-4-8(15)6-9(10)14/h4-6H,3H2,1-2H3,(H3,16,17,18,19). The largest absolute Gasteiger partial charge is 0.383 e. The SMILES string of the molecule is CCc1nc(N)c(C)c(Nc2ccc(F)cc2Br)n1. The lowest BCUT2D eigenvalue weighted by Gasteiger charge is -2.12. The fourth-order valence-corrected chi connectivity index (χ4v) is 2.03. The third kappa shape index (κ3) is 3.01. The highest BCUT2D eigenvalue weighted by Crippen LogP contribution is 2.28. The molecule has 19 heavy (non-hydrogen) atoms. The predicted octanol–water partition coefficient (Wildman–Crippen LogP) is 3.57. The van der Waals surface area contributed by atoms with Crippen molar-refractivity contribution in [3.63, 3.8) is 0 Å². The first-order chi connectivity index (χ1) is 9.01. The van der Waals surface area contributed by atoms with Crippen molar-refractivity contribution in [2.24, 2.45) is 0 Å². The molecule has 0 unspecified atom stereocenters. The molecule has 0 bridgehead atoms. The molecule has 0 saturated carbocycles. The van der Waals surface area contributed by atoms with Crippen LogP contribution < -0.4 is 11.1 Å². The number of hydrogen-bond acceptors (Lipinski definition) is 4. The molecule has 0 aliphatic heterocycles. The molecule has 0 fully saturated rings. The van der Waals surface area contributed by atoms with E-state index in [0.717, 1.165) is 11.3 Å². The molecule has 0 aliphatic rings. The second-order valence-electron chi connectivity index (χ2n) is 4.10. The minimum Gasteiger partial charge on any atom is -0.383 e. The zero-order chi connectivity index (χ0) is 14.0. The zero-order valence-corrected chi connectivity index (χ0v) is 12.3. The van der Waals surface area contributed by atoms with Gasteiger partial charge in [-0.15, -0.1) is 0 Å². The predicted molar refractivity (Wildman–Crippen MR) is 77.9 cm³/mol. The van der Waals surface area contributed by atoms with Crippen molar-refractivity contribution in [3.05, 3.63) is 39.9 Å². The van der Waals surface area contributed by atoms with E-state index in [1.54, 1.807) is 6.07 Å². The van der Waals surface area contributed by atoms with Crippen molar-refractivity contribution in [2.75, 3.05) is 11.1 Å². The van der Waals surface area contributed by atoms with Gasteiger partial charge in [-0.25, -0.2) is 14.4 Å². The number of nitrogens with one attached hydrogen (secondary N) is 1. The fourth-order valence-electron chi connectivity index (χ4n) is 1.58. The lowest BCUT2D eigenvalue weighted by atomic mass is 10.2. The minimum absolute atomic E-state index is 0.300. The van der Waals surface area contributed by atoms with E-state index in [-0.39, 0.29) is 5.82 Å². The van der Waals surface area contributed by atoms with E-state index in [1.807, 2.05) is 13.8 Å². The Morgan fingerprint density at radius 2 is 2.11 bits per heavy atom. The molecular formula is C13H14BrFN4. The van der Waals surface area contributed by atoms with Crippen molar-refractivity contribution in [2.45, 2.75) is 20.3 Å². The summed E-state index contributed by atoms with van der Waals surface area (Å²) in [5, 5.41) is 3.14. The Kier molecular flexibility index (Phi) is 3.99. The monoisotopic (exact) mass is 324 g/mol. The maximum Gasteiger partial charge on any atom is 0.139 e. The van der Waals surface area contributed by atoms with E-state index in [4.69, 9.17) is 5.73 Å². The Labute approximate surface area is 119 Å². The molecule has 2 rings (SSSR count). The van der Waals surface area contributed by atoms with E-state index in [0.29, 0.717) is 28.4 Å². The number of aryl methyl sites for hydroxylation is 1. The van der Waals surface area contributed by atoms with Gasteiger partial charge in [0.05, 0.1) is 5.69 Å². The lowest BCUT2D eigenvalue weighted by molar-refractivity contribution is 0.627. The molecule has 100 valence electrons. The van der Waals surface area contributed by atoms with Crippen molar-refractivity contribution >= 4 is 33.3 Å². The molecule has 6 heteroatoms. The molecule has 0 aliphatic carbocycles. The fraction of sp³-hybridized carbons (Fsp3) is 0.231. The first-order valence-corrected chi connectivity index (χ1v) is 6.65. The van der Waals surface area contributed by atoms with E-state index in [2.05, 4.69) is 31.2 Å². The molecular weight excluding hydrogens is 311 g/mol. The summed E-state index contributed by atoms with van der Waals surface area (Å²) in [5.74, 6) is 1.46. The molecule has 0 atom stereocenters. The Morgan fingerprint density at radius 1 is 1.37 bits per heavy atom. The quantitative estimate of drug-likeness (QED) is 0.905. The molecule has 1 heterocycles. The number of nitrogens with two attached hydrogens (primary N) is 1. The van der Waals surface area contributed by atoms with Gasteiger partial charge in [0.25, 0.3) is 0 Å². The highest BCUT2D eigenvalue weighted by atomic mass is 79.9. The van der Waals surface area contributed by atoms with Gasteiger partial charge >= 0.3 is 0 Å². The van der Waals surface area contributed by atoms with Crippen molar-refractivity contribution in [1.29, 1.82) is 0 Å². The van der Waals surface area contributed by atoms with Crippen molar-refractivity contribution in [1.82, 2.24) is 9.97 Å². The summed E-state index contributed by atoms with van der Waals surface area (Å²) >= 11 is 3.31. The number of nitrogens with zero attached hydrogens (tertiary/aromatic N) is 2. The molecule has 3 N–H and O–H groups in total. The lowest BCUT2D eigenvalue weighted by Crippen LogP contribution is -2.06. The summed E-state index contributed by atoms with van der Waals surface area (Å²) in [6, 6.07) is 4.42. The number of aromatic nitrogens is 2. The van der Waals surface area contributed by atoms with Crippen LogP contribution in [0, 0.1) is 12.7 Å². The van der Waals surface area contributed by atoms with Crippen LogP contribution in [0.15, 0.2) is 22.7 Å². The van der Waals surface area contributed by atoms with Crippen LogP contribution in [0.1, 0.15) is 18.3 Å². The van der Waals surface area contributed by atoms with Gasteiger partial charge in [-0.3, -0.25) is 0 Å². The Bertz CT molecular complexity index is 616. The van der Waals surface area contributed by atoms with Crippen LogP contribution >= 0.6 is 15.9 Å². The number of hydrogen-bond donors (Lipinski definition) is 2. The van der Waals surface area contributed by atoms with Crippen LogP contribution in [0.5, 0.6) is 0 Å². The molecule has 4 nitrogen and oxygen atoms in total. The average Bonchev–Trinajstić information content (AvgIpc) is 2.37. The van der Waals surface area contributed by atoms with Crippen LogP contribution in [0.4, 0.5) is 21.7 Å². The molecule has 2 aromatic rings. The molecule has 1 aromatic heterocycles. The van der Waals surface area contributed by atoms with Gasteiger partial charge in [-0.05, 0) is 41.1 Å². The molecule has 0 saturated heterocycles. The summed E-state index contributed by atoms with van der Waals surface area (Å²) in [5.41, 5.74) is 7.35. The minimum atomic E-state index is -0.300. The summed E-state index contributed by atoms with van der Waals surface area (Å²) in [6.07, 6.45) is 0.698. The molecule has 1 aromatic carbocycles. The van der Waals surface area contributed by atoms with Crippen molar-refractivity contribution in [3.8, 4) is 0 Å². The highest BCUT2D eigenvalue weighted by molar-refractivity contribution is 9.10. The van der Waals surface area contributed by atoms with E-state index >= 15 is 0 Å². The van der Waals surface area contributed by atoms with Crippen LogP contribution in [0.2, 0.25) is 0 Å². The van der Waals surface area contributed by atoms with Gasteiger partial charge < -0.3 is 11.1 Å². The average molecular weight is 325 g/mol. The summed E-state index contributed by atoms with van der Waals surface area (Å²) in [6.45, 7) is 3.80. The third-order valence-corrected chi connectivity index (χ3v) is 3.39. The number of halogens is 2. The molecule has 0 amide bonds. The third-order valence-electron chi connectivity index (χ3n) is 2.73. The smallest absolute Gasteiger partial charge is 0.139 e. The maximum absolute atomic E-state index is 13.0. The second-order valence-corrected chi connectivity index (χ2v) is 4.96.